The van der Waals surface area contributed by atoms with Gasteiger partial charge in [-0.05, 0) is 41.5 Å². The highest BCUT2D eigenvalue weighted by Gasteiger charge is 2.37. The number of nitro groups is 1. The Balaban J connectivity index is 0.000000483. The zero-order valence-electron chi connectivity index (χ0n) is 24.4. The van der Waals surface area contributed by atoms with Crippen LogP contribution >= 0.6 is 0 Å². The van der Waals surface area contributed by atoms with E-state index in [0.717, 1.165) is 50.5 Å². The molecule has 6 rings (SSSR count). The van der Waals surface area contributed by atoms with Crippen LogP contribution in [0.5, 0.6) is 0 Å². The maximum atomic E-state index is 11.8. The normalized spacial score (nSPS) is 11.3. The summed E-state index contributed by atoms with van der Waals surface area (Å²) in [6.45, 7) is 0. The van der Waals surface area contributed by atoms with E-state index in [2.05, 4.69) is 71.3 Å². The minimum Gasteiger partial charge on any atom is -0.741 e. The molecule has 6 aromatic rings. The molecule has 0 spiro atoms. The van der Waals surface area contributed by atoms with E-state index in [9.17, 15) is 23.3 Å². The lowest BCUT2D eigenvalue weighted by atomic mass is 9.88. The fourth-order valence-electron chi connectivity index (χ4n) is 5.08. The SMILES string of the molecule is O=S(=O)([O-])C(F)(F)F.O=[N+]([O-])c1cccc(-[n+]2c(-c3ccccc3)cc(-c3ccccc3)c(-c3ccccc3)c2-c2ccccc2)c1. The van der Waals surface area contributed by atoms with Crippen molar-refractivity contribution in [2.24, 2.45) is 0 Å². The van der Waals surface area contributed by atoms with Gasteiger partial charge in [-0.2, -0.15) is 17.7 Å². The summed E-state index contributed by atoms with van der Waals surface area (Å²) in [6, 6.07) is 50.2. The van der Waals surface area contributed by atoms with Gasteiger partial charge >= 0.3 is 5.51 Å². The lowest BCUT2D eigenvalue weighted by Gasteiger charge is -2.18. The fourth-order valence-corrected chi connectivity index (χ4v) is 5.08. The third-order valence-corrected chi connectivity index (χ3v) is 7.66. The molecule has 1 aromatic heterocycles. The summed E-state index contributed by atoms with van der Waals surface area (Å²) in [7, 11) is -6.09. The topological polar surface area (TPSA) is 104 Å². The summed E-state index contributed by atoms with van der Waals surface area (Å²) in [4.78, 5) is 11.5. The average Bonchev–Trinajstić information content (AvgIpc) is 3.08. The number of hydrogen-bond acceptors (Lipinski definition) is 5. The largest absolute Gasteiger partial charge is 0.741 e. The molecule has 5 aromatic carbocycles. The van der Waals surface area contributed by atoms with Crippen LogP contribution in [0.25, 0.3) is 50.5 Å². The van der Waals surface area contributed by atoms with Crippen molar-refractivity contribution < 1.29 is 35.6 Å². The zero-order valence-corrected chi connectivity index (χ0v) is 25.2. The maximum absolute atomic E-state index is 11.8. The first-order chi connectivity index (χ1) is 22.5. The number of non-ortho nitro benzene ring substituents is 1. The van der Waals surface area contributed by atoms with E-state index in [1.807, 2.05) is 66.7 Å². The molecule has 11 heteroatoms. The fraction of sp³-hybridized carbons (Fsp3) is 0.0278. The molecule has 0 saturated heterocycles. The van der Waals surface area contributed by atoms with Crippen molar-refractivity contribution in [2.45, 2.75) is 5.51 Å². The summed E-state index contributed by atoms with van der Waals surface area (Å²) in [5.74, 6) is 0. The summed E-state index contributed by atoms with van der Waals surface area (Å²) >= 11 is 0. The minimum atomic E-state index is -6.09. The van der Waals surface area contributed by atoms with Gasteiger partial charge in [-0.3, -0.25) is 10.1 Å². The number of benzene rings is 5. The number of halogens is 3. The summed E-state index contributed by atoms with van der Waals surface area (Å²) in [5.41, 5.74) is 3.34. The van der Waals surface area contributed by atoms with Gasteiger partial charge in [0, 0.05) is 34.9 Å². The first-order valence-corrected chi connectivity index (χ1v) is 15.5. The summed E-state index contributed by atoms with van der Waals surface area (Å²) in [5, 5.41) is 11.8. The molecule has 0 saturated carbocycles. The zero-order chi connectivity index (χ0) is 33.6. The van der Waals surface area contributed by atoms with E-state index in [4.69, 9.17) is 13.0 Å². The number of nitrogens with zero attached hydrogens (tertiary/aromatic N) is 2. The molecule has 236 valence electrons. The van der Waals surface area contributed by atoms with E-state index in [1.54, 1.807) is 12.1 Å². The quantitative estimate of drug-likeness (QED) is 0.0588. The molecule has 0 radical (unpaired) electrons. The van der Waals surface area contributed by atoms with Crippen molar-refractivity contribution in [1.82, 2.24) is 0 Å². The molecule has 0 aliphatic carbocycles. The molecular formula is C36H25F3N2O5S. The van der Waals surface area contributed by atoms with Gasteiger partial charge in [0.15, 0.2) is 10.1 Å². The average molecular weight is 655 g/mol. The van der Waals surface area contributed by atoms with E-state index in [-0.39, 0.29) is 10.6 Å². The van der Waals surface area contributed by atoms with Crippen LogP contribution in [-0.2, 0) is 10.1 Å². The monoisotopic (exact) mass is 654 g/mol. The highest BCUT2D eigenvalue weighted by Crippen LogP contribution is 2.41. The van der Waals surface area contributed by atoms with Crippen LogP contribution < -0.4 is 4.57 Å². The number of rotatable bonds is 6. The van der Waals surface area contributed by atoms with Gasteiger partial charge in [0.25, 0.3) is 5.69 Å². The Morgan fingerprint density at radius 3 is 1.51 bits per heavy atom. The lowest BCUT2D eigenvalue weighted by Crippen LogP contribution is -2.37. The first kappa shape index (κ1) is 32.7. The summed E-state index contributed by atoms with van der Waals surface area (Å²) in [6.07, 6.45) is 0. The molecule has 0 amide bonds. The Hall–Kier alpha value is -5.65. The minimum absolute atomic E-state index is 0.0476. The predicted molar refractivity (Wildman–Crippen MR) is 172 cm³/mol. The first-order valence-electron chi connectivity index (χ1n) is 14.1. The number of alkyl halides is 3. The van der Waals surface area contributed by atoms with Crippen molar-refractivity contribution in [3.63, 3.8) is 0 Å². The van der Waals surface area contributed by atoms with E-state index >= 15 is 0 Å². The number of aromatic nitrogens is 1. The van der Waals surface area contributed by atoms with Gasteiger partial charge in [-0.25, -0.2) is 8.42 Å². The van der Waals surface area contributed by atoms with Crippen molar-refractivity contribution in [1.29, 1.82) is 0 Å². The van der Waals surface area contributed by atoms with Crippen LogP contribution in [0.3, 0.4) is 0 Å². The molecule has 0 aliphatic rings. The predicted octanol–water partition coefficient (Wildman–Crippen LogP) is 8.59. The van der Waals surface area contributed by atoms with Crippen LogP contribution in [0.4, 0.5) is 18.9 Å². The van der Waals surface area contributed by atoms with E-state index in [0.29, 0.717) is 0 Å². The molecule has 0 atom stereocenters. The van der Waals surface area contributed by atoms with E-state index < -0.39 is 15.6 Å². The number of pyridine rings is 1. The van der Waals surface area contributed by atoms with Gasteiger partial charge in [0.1, 0.15) is 0 Å². The number of hydrogen-bond donors (Lipinski definition) is 0. The van der Waals surface area contributed by atoms with Crippen LogP contribution in [0, 0.1) is 10.1 Å². The molecule has 47 heavy (non-hydrogen) atoms. The van der Waals surface area contributed by atoms with Crippen molar-refractivity contribution in [3.8, 4) is 50.5 Å². The van der Waals surface area contributed by atoms with Crippen LogP contribution in [0.1, 0.15) is 0 Å². The molecule has 7 nitrogen and oxygen atoms in total. The lowest BCUT2D eigenvalue weighted by molar-refractivity contribution is -0.571. The Bertz CT molecular complexity index is 2110. The maximum Gasteiger partial charge on any atom is 0.485 e. The van der Waals surface area contributed by atoms with Crippen LogP contribution in [0.15, 0.2) is 152 Å². The smallest absolute Gasteiger partial charge is 0.485 e. The molecule has 0 fully saturated rings. The Labute approximate surface area is 268 Å². The van der Waals surface area contributed by atoms with Crippen molar-refractivity contribution >= 4 is 15.8 Å². The third-order valence-electron chi connectivity index (χ3n) is 7.10. The van der Waals surface area contributed by atoms with Gasteiger partial charge in [0.2, 0.25) is 17.1 Å². The second-order valence-electron chi connectivity index (χ2n) is 10.1. The molecular weight excluding hydrogens is 629 g/mol. The summed E-state index contributed by atoms with van der Waals surface area (Å²) < 4.78 is 61.1. The Kier molecular flexibility index (Phi) is 9.59. The Morgan fingerprint density at radius 1 is 0.596 bits per heavy atom. The third kappa shape index (κ3) is 7.43. The van der Waals surface area contributed by atoms with E-state index in [1.165, 1.54) is 6.07 Å². The van der Waals surface area contributed by atoms with Crippen molar-refractivity contribution in [3.05, 3.63) is 162 Å². The van der Waals surface area contributed by atoms with Gasteiger partial charge in [-0.1, -0.05) is 97.1 Å². The standard InChI is InChI=1S/C35H25N2O2.CHF3O3S/c38-37(39)31-23-13-22-30(24-31)36-33(27-16-7-2-8-17-27)25-32(26-14-5-1-6-15-26)34(28-18-9-3-10-19-28)35(36)29-20-11-4-12-21-29;2-1(3,4)8(5,6)7/h1-25H;(H,5,6,7)/q+1;/p-1. The molecule has 0 unspecified atom stereocenters. The van der Waals surface area contributed by atoms with Gasteiger partial charge < -0.3 is 4.55 Å². The Morgan fingerprint density at radius 2 is 1.04 bits per heavy atom. The molecule has 0 bridgehead atoms. The van der Waals surface area contributed by atoms with Crippen LogP contribution in [0.2, 0.25) is 0 Å². The van der Waals surface area contributed by atoms with Crippen molar-refractivity contribution in [2.75, 3.05) is 0 Å². The molecule has 1 heterocycles. The molecule has 0 aliphatic heterocycles. The van der Waals surface area contributed by atoms with Gasteiger partial charge in [0.05, 0.1) is 16.6 Å². The number of nitro benzene ring substituents is 1. The highest BCUT2D eigenvalue weighted by atomic mass is 32.2. The van der Waals surface area contributed by atoms with Crippen LogP contribution in [-0.4, -0.2) is 23.4 Å². The second-order valence-corrected chi connectivity index (χ2v) is 11.5. The highest BCUT2D eigenvalue weighted by molar-refractivity contribution is 7.86. The second kappa shape index (κ2) is 13.8. The van der Waals surface area contributed by atoms with Gasteiger partial charge in [-0.15, -0.1) is 0 Å². The molecule has 0 N–H and O–H groups in total.